The highest BCUT2D eigenvalue weighted by molar-refractivity contribution is 7.99. The number of halogens is 1. The minimum atomic E-state index is -0.241. The maximum atomic E-state index is 13.2. The summed E-state index contributed by atoms with van der Waals surface area (Å²) in [4.78, 5) is 0. The van der Waals surface area contributed by atoms with Crippen molar-refractivity contribution >= 4 is 22.7 Å². The Bertz CT molecular complexity index is 577. The fourth-order valence-corrected chi connectivity index (χ4v) is 4.08. The van der Waals surface area contributed by atoms with Crippen molar-refractivity contribution < 1.29 is 8.81 Å². The number of nitrogens with two attached hydrogens (primary N) is 1. The molecule has 1 fully saturated rings. The molecule has 1 heterocycles. The van der Waals surface area contributed by atoms with Crippen LogP contribution in [0.5, 0.6) is 0 Å². The number of hydrogen-bond donors (Lipinski definition) is 1. The van der Waals surface area contributed by atoms with Gasteiger partial charge >= 0.3 is 0 Å². The topological polar surface area (TPSA) is 39.2 Å². The molecule has 0 spiro atoms. The van der Waals surface area contributed by atoms with Crippen LogP contribution < -0.4 is 5.73 Å². The lowest BCUT2D eigenvalue weighted by Crippen LogP contribution is -2.16. The largest absolute Gasteiger partial charge is 0.459 e. The minimum absolute atomic E-state index is 0.114. The van der Waals surface area contributed by atoms with Crippen molar-refractivity contribution in [2.24, 2.45) is 5.73 Å². The summed E-state index contributed by atoms with van der Waals surface area (Å²) in [5, 5.41) is 1.54. The van der Waals surface area contributed by atoms with Gasteiger partial charge in [0.25, 0.3) is 0 Å². The lowest BCUT2D eigenvalue weighted by Gasteiger charge is -2.22. The summed E-state index contributed by atoms with van der Waals surface area (Å²) in [7, 11) is 0. The number of thioether (sulfide) groups is 1. The van der Waals surface area contributed by atoms with Crippen molar-refractivity contribution in [3.8, 4) is 0 Å². The van der Waals surface area contributed by atoms with E-state index in [1.807, 2.05) is 17.8 Å². The number of benzene rings is 1. The minimum Gasteiger partial charge on any atom is -0.459 e. The van der Waals surface area contributed by atoms with Gasteiger partial charge in [-0.25, -0.2) is 4.39 Å². The fraction of sp³-hybridized carbons (Fsp3) is 0.500. The summed E-state index contributed by atoms with van der Waals surface area (Å²) in [6, 6.07) is 6.32. The van der Waals surface area contributed by atoms with Crippen molar-refractivity contribution in [3.05, 3.63) is 35.8 Å². The van der Waals surface area contributed by atoms with Crippen molar-refractivity contribution in [3.63, 3.8) is 0 Å². The van der Waals surface area contributed by atoms with Crippen molar-refractivity contribution in [2.75, 3.05) is 5.75 Å². The molecule has 1 atom stereocenters. The van der Waals surface area contributed by atoms with Crippen molar-refractivity contribution in [1.29, 1.82) is 0 Å². The summed E-state index contributed by atoms with van der Waals surface area (Å²) in [5.74, 6) is 1.39. The Hall–Kier alpha value is -1.00. The third kappa shape index (κ3) is 3.18. The smallest absolute Gasteiger partial charge is 0.134 e. The van der Waals surface area contributed by atoms with Crippen molar-refractivity contribution in [1.82, 2.24) is 0 Å². The van der Waals surface area contributed by atoms with Crippen molar-refractivity contribution in [2.45, 2.75) is 43.4 Å². The lowest BCUT2D eigenvalue weighted by atomic mass is 10.0. The van der Waals surface area contributed by atoms with Gasteiger partial charge in [0.05, 0.1) is 6.04 Å². The molecule has 20 heavy (non-hydrogen) atoms. The Morgan fingerprint density at radius 2 is 2.05 bits per heavy atom. The van der Waals surface area contributed by atoms with Crippen LogP contribution in [0.4, 0.5) is 4.39 Å². The summed E-state index contributed by atoms with van der Waals surface area (Å²) < 4.78 is 18.9. The monoisotopic (exact) mass is 293 g/mol. The van der Waals surface area contributed by atoms with Crippen LogP contribution in [0.1, 0.15) is 43.9 Å². The molecule has 1 aromatic heterocycles. The Balaban J connectivity index is 1.64. The second-order valence-corrected chi connectivity index (χ2v) is 6.86. The van der Waals surface area contributed by atoms with Gasteiger partial charge in [0.2, 0.25) is 0 Å². The molecule has 1 aromatic carbocycles. The molecule has 0 saturated heterocycles. The van der Waals surface area contributed by atoms with E-state index in [1.54, 1.807) is 6.07 Å². The molecule has 2 nitrogen and oxygen atoms in total. The number of furan rings is 1. The third-order valence-corrected chi connectivity index (χ3v) is 5.42. The van der Waals surface area contributed by atoms with E-state index in [0.29, 0.717) is 5.58 Å². The van der Waals surface area contributed by atoms with Gasteiger partial charge in [-0.3, -0.25) is 0 Å². The fourth-order valence-electron chi connectivity index (χ4n) is 2.77. The van der Waals surface area contributed by atoms with Gasteiger partial charge in [0.15, 0.2) is 0 Å². The predicted molar refractivity (Wildman–Crippen MR) is 82.4 cm³/mol. The Morgan fingerprint density at radius 3 is 2.85 bits per heavy atom. The molecule has 2 N–H and O–H groups in total. The zero-order valence-corrected chi connectivity index (χ0v) is 12.3. The second-order valence-electron chi connectivity index (χ2n) is 5.53. The maximum absolute atomic E-state index is 13.2. The molecule has 1 aliphatic rings. The lowest BCUT2D eigenvalue weighted by molar-refractivity contribution is 0.506. The van der Waals surface area contributed by atoms with E-state index in [0.717, 1.165) is 22.1 Å². The number of rotatable bonds is 4. The molecule has 3 rings (SSSR count). The quantitative estimate of drug-likeness (QED) is 0.892. The SMILES string of the molecule is NC(CSC1CCCCC1)c1cc2cc(F)ccc2o1. The highest BCUT2D eigenvalue weighted by Crippen LogP contribution is 2.31. The van der Waals surface area contributed by atoms with Gasteiger partial charge in [-0.2, -0.15) is 11.8 Å². The molecule has 1 unspecified atom stereocenters. The van der Waals surface area contributed by atoms with Crippen LogP contribution in [-0.4, -0.2) is 11.0 Å². The van der Waals surface area contributed by atoms with Gasteiger partial charge in [-0.05, 0) is 37.1 Å². The van der Waals surface area contributed by atoms with E-state index in [4.69, 9.17) is 10.2 Å². The zero-order valence-electron chi connectivity index (χ0n) is 11.5. The summed E-state index contributed by atoms with van der Waals surface area (Å²) >= 11 is 1.95. The number of fused-ring (bicyclic) bond motifs is 1. The molecule has 4 heteroatoms. The molecule has 0 radical (unpaired) electrons. The highest BCUT2D eigenvalue weighted by atomic mass is 32.2. The van der Waals surface area contributed by atoms with E-state index in [-0.39, 0.29) is 11.9 Å². The Labute approximate surface area is 122 Å². The normalized spacial score (nSPS) is 18.5. The molecule has 1 aliphatic carbocycles. The molecule has 0 amide bonds. The van der Waals surface area contributed by atoms with E-state index in [1.165, 1.54) is 44.2 Å². The molecule has 1 saturated carbocycles. The number of hydrogen-bond acceptors (Lipinski definition) is 3. The molecular formula is C16H20FNOS. The van der Waals surface area contributed by atoms with Crippen LogP contribution >= 0.6 is 11.8 Å². The average molecular weight is 293 g/mol. The average Bonchev–Trinajstić information content (AvgIpc) is 2.89. The van der Waals surface area contributed by atoms with Gasteiger partial charge in [-0.15, -0.1) is 0 Å². The summed E-state index contributed by atoms with van der Waals surface area (Å²) in [6.45, 7) is 0. The van der Waals surface area contributed by atoms with Crippen LogP contribution in [0.25, 0.3) is 11.0 Å². The van der Waals surface area contributed by atoms with Crippen LogP contribution in [0.15, 0.2) is 28.7 Å². The molecule has 0 aliphatic heterocycles. The first-order chi connectivity index (χ1) is 9.72. The molecular weight excluding hydrogens is 273 g/mol. The summed E-state index contributed by atoms with van der Waals surface area (Å²) in [6.07, 6.45) is 6.68. The zero-order chi connectivity index (χ0) is 13.9. The molecule has 108 valence electrons. The second kappa shape index (κ2) is 6.19. The first kappa shape index (κ1) is 14.0. The molecule has 2 aromatic rings. The summed E-state index contributed by atoms with van der Waals surface area (Å²) in [5.41, 5.74) is 6.91. The highest BCUT2D eigenvalue weighted by Gasteiger charge is 2.18. The van der Waals surface area contributed by atoms with Crippen LogP contribution in [0.3, 0.4) is 0 Å². The van der Waals surface area contributed by atoms with E-state index in [9.17, 15) is 4.39 Å². The molecule has 0 bridgehead atoms. The van der Waals surface area contributed by atoms with Gasteiger partial charge in [0.1, 0.15) is 17.2 Å². The maximum Gasteiger partial charge on any atom is 0.134 e. The van der Waals surface area contributed by atoms with E-state index < -0.39 is 0 Å². The van der Waals surface area contributed by atoms with Crippen LogP contribution in [0, 0.1) is 5.82 Å². The Morgan fingerprint density at radius 1 is 1.25 bits per heavy atom. The van der Waals surface area contributed by atoms with Gasteiger partial charge in [0, 0.05) is 16.4 Å². The van der Waals surface area contributed by atoms with Gasteiger partial charge < -0.3 is 10.2 Å². The first-order valence-corrected chi connectivity index (χ1v) is 8.33. The van der Waals surface area contributed by atoms with E-state index in [2.05, 4.69) is 0 Å². The predicted octanol–water partition coefficient (Wildman–Crippen LogP) is 4.64. The van der Waals surface area contributed by atoms with Crippen LogP contribution in [0.2, 0.25) is 0 Å². The van der Waals surface area contributed by atoms with E-state index >= 15 is 0 Å². The standard InChI is InChI=1S/C16H20FNOS/c17-12-6-7-15-11(8-12)9-16(19-15)14(18)10-20-13-4-2-1-3-5-13/h6-9,13-14H,1-5,10,18H2. The first-order valence-electron chi connectivity index (χ1n) is 7.28. The van der Waals surface area contributed by atoms with Crippen LogP contribution in [-0.2, 0) is 0 Å². The third-order valence-electron chi connectivity index (χ3n) is 3.93. The van der Waals surface area contributed by atoms with Gasteiger partial charge in [-0.1, -0.05) is 19.3 Å². The Kier molecular flexibility index (Phi) is 4.32.